The summed E-state index contributed by atoms with van der Waals surface area (Å²) in [5.41, 5.74) is 0.883. The molecule has 4 aromatic rings. The Morgan fingerprint density at radius 3 is 2.61 bits per heavy atom. The summed E-state index contributed by atoms with van der Waals surface area (Å²) < 4.78 is 26.8. The van der Waals surface area contributed by atoms with E-state index in [9.17, 15) is 4.39 Å². The Balaban J connectivity index is 1.53. The fraction of sp³-hybridized carbons (Fsp3) is 0.273. The van der Waals surface area contributed by atoms with Crippen LogP contribution in [-0.4, -0.2) is 24.9 Å². The summed E-state index contributed by atoms with van der Waals surface area (Å²) in [4.78, 5) is 4.44. The van der Waals surface area contributed by atoms with E-state index < -0.39 is 5.82 Å². The van der Waals surface area contributed by atoms with Crippen LogP contribution in [0.5, 0.6) is 5.75 Å². The third-order valence-electron chi connectivity index (χ3n) is 4.33. The van der Waals surface area contributed by atoms with Crippen LogP contribution in [-0.2, 0) is 18.8 Å². The molecule has 2 aromatic heterocycles. The predicted octanol–water partition coefficient (Wildman–Crippen LogP) is 4.86. The zero-order chi connectivity index (χ0) is 21.6. The van der Waals surface area contributed by atoms with E-state index in [-0.39, 0.29) is 12.4 Å². The largest absolute Gasteiger partial charge is 0.483 e. The molecule has 0 atom stereocenters. The van der Waals surface area contributed by atoms with Crippen LogP contribution in [0.4, 0.5) is 4.39 Å². The van der Waals surface area contributed by atoms with E-state index in [4.69, 9.17) is 9.26 Å². The number of aromatic nitrogens is 5. The van der Waals surface area contributed by atoms with Gasteiger partial charge in [-0.15, -0.1) is 10.2 Å². The molecule has 7 nitrogen and oxygen atoms in total. The van der Waals surface area contributed by atoms with Crippen LogP contribution in [0.3, 0.4) is 0 Å². The molecule has 31 heavy (non-hydrogen) atoms. The standard InChI is InChI=1S/C22H22FN5O2S/c1-15(2)12-19-24-21(30-27-19)14-31-22-26-25-20(28(22)16-8-4-3-5-9-16)13-29-18-11-7-6-10-17(18)23/h3-11,15H,12-14H2,1-2H3. The Hall–Kier alpha value is -3.20. The lowest BCUT2D eigenvalue weighted by molar-refractivity contribution is 0.278. The molecule has 0 aliphatic carbocycles. The lowest BCUT2D eigenvalue weighted by atomic mass is 10.1. The molecule has 2 heterocycles. The van der Waals surface area contributed by atoms with Gasteiger partial charge in [-0.05, 0) is 30.2 Å². The normalized spacial score (nSPS) is 11.2. The first-order valence-corrected chi connectivity index (χ1v) is 10.9. The van der Waals surface area contributed by atoms with Crippen LogP contribution >= 0.6 is 11.8 Å². The van der Waals surface area contributed by atoms with Gasteiger partial charge in [-0.3, -0.25) is 4.57 Å². The van der Waals surface area contributed by atoms with E-state index in [1.807, 2.05) is 34.9 Å². The van der Waals surface area contributed by atoms with E-state index >= 15 is 0 Å². The first-order chi connectivity index (χ1) is 15.1. The van der Waals surface area contributed by atoms with Crippen LogP contribution in [0.2, 0.25) is 0 Å². The fourth-order valence-corrected chi connectivity index (χ4v) is 3.76. The van der Waals surface area contributed by atoms with Gasteiger partial charge in [0.15, 0.2) is 28.4 Å². The highest BCUT2D eigenvalue weighted by molar-refractivity contribution is 7.98. The van der Waals surface area contributed by atoms with E-state index in [0.717, 1.165) is 12.1 Å². The summed E-state index contributed by atoms with van der Waals surface area (Å²) in [6.07, 6.45) is 0.770. The average Bonchev–Trinajstić information content (AvgIpc) is 3.38. The number of rotatable bonds is 9. The first-order valence-electron chi connectivity index (χ1n) is 9.91. The zero-order valence-electron chi connectivity index (χ0n) is 17.2. The number of thioether (sulfide) groups is 1. The van der Waals surface area contributed by atoms with E-state index in [2.05, 4.69) is 34.2 Å². The number of benzene rings is 2. The molecule has 9 heteroatoms. The van der Waals surface area contributed by atoms with Crippen molar-refractivity contribution in [3.05, 3.63) is 78.0 Å². The van der Waals surface area contributed by atoms with Gasteiger partial charge in [-0.1, -0.05) is 61.1 Å². The summed E-state index contributed by atoms with van der Waals surface area (Å²) in [6, 6.07) is 16.0. The van der Waals surface area contributed by atoms with Gasteiger partial charge in [0, 0.05) is 12.1 Å². The highest BCUT2D eigenvalue weighted by Crippen LogP contribution is 2.26. The van der Waals surface area contributed by atoms with Gasteiger partial charge < -0.3 is 9.26 Å². The SMILES string of the molecule is CC(C)Cc1noc(CSc2nnc(COc3ccccc3F)n2-c2ccccc2)n1. The first kappa shape index (κ1) is 21.0. The van der Waals surface area contributed by atoms with Crippen LogP contribution < -0.4 is 4.74 Å². The zero-order valence-corrected chi connectivity index (χ0v) is 18.1. The molecule has 0 unspecified atom stereocenters. The number of nitrogens with zero attached hydrogens (tertiary/aromatic N) is 5. The van der Waals surface area contributed by atoms with Crippen molar-refractivity contribution in [3.8, 4) is 11.4 Å². The Labute approximate surface area is 183 Å². The van der Waals surface area contributed by atoms with Gasteiger partial charge >= 0.3 is 0 Å². The van der Waals surface area contributed by atoms with Crippen molar-refractivity contribution in [2.45, 2.75) is 37.8 Å². The average molecular weight is 440 g/mol. The topological polar surface area (TPSA) is 78.9 Å². The predicted molar refractivity (Wildman–Crippen MR) is 114 cm³/mol. The summed E-state index contributed by atoms with van der Waals surface area (Å²) in [7, 11) is 0. The van der Waals surface area contributed by atoms with Crippen LogP contribution in [0.15, 0.2) is 64.3 Å². The van der Waals surface area contributed by atoms with Crippen LogP contribution in [0.25, 0.3) is 5.69 Å². The highest BCUT2D eigenvalue weighted by atomic mass is 32.2. The van der Waals surface area contributed by atoms with Crippen LogP contribution in [0, 0.1) is 11.7 Å². The van der Waals surface area contributed by atoms with Crippen molar-refractivity contribution >= 4 is 11.8 Å². The van der Waals surface area contributed by atoms with E-state index in [1.165, 1.54) is 17.8 Å². The second kappa shape index (κ2) is 9.74. The summed E-state index contributed by atoms with van der Waals surface area (Å²) in [5.74, 6) is 2.46. The van der Waals surface area contributed by atoms with Gasteiger partial charge in [-0.2, -0.15) is 4.98 Å². The minimum atomic E-state index is -0.420. The third kappa shape index (κ3) is 5.29. The van der Waals surface area contributed by atoms with Gasteiger partial charge in [0.25, 0.3) is 0 Å². The second-order valence-electron chi connectivity index (χ2n) is 7.28. The van der Waals surface area contributed by atoms with Crippen LogP contribution in [0.1, 0.15) is 31.4 Å². The summed E-state index contributed by atoms with van der Waals surface area (Å²) >= 11 is 1.44. The number of ether oxygens (including phenoxy) is 1. The molecule has 0 fully saturated rings. The maximum Gasteiger partial charge on any atom is 0.237 e. The maximum atomic E-state index is 13.9. The van der Waals surface area contributed by atoms with Crippen molar-refractivity contribution in [2.24, 2.45) is 5.92 Å². The molecule has 4 rings (SSSR count). The van der Waals surface area contributed by atoms with Gasteiger partial charge in [0.1, 0.15) is 6.61 Å². The molecular weight excluding hydrogens is 417 g/mol. The lowest BCUT2D eigenvalue weighted by Crippen LogP contribution is -2.07. The number of halogens is 1. The minimum Gasteiger partial charge on any atom is -0.483 e. The molecule has 160 valence electrons. The molecule has 0 amide bonds. The molecule has 0 saturated carbocycles. The number of hydrogen-bond donors (Lipinski definition) is 0. The van der Waals surface area contributed by atoms with Crippen molar-refractivity contribution in [1.82, 2.24) is 24.9 Å². The molecular formula is C22H22FN5O2S. The molecule has 2 aromatic carbocycles. The fourth-order valence-electron chi connectivity index (χ4n) is 2.95. The smallest absolute Gasteiger partial charge is 0.237 e. The number of para-hydroxylation sites is 2. The second-order valence-corrected chi connectivity index (χ2v) is 8.22. The minimum absolute atomic E-state index is 0.0719. The molecule has 0 radical (unpaired) electrons. The van der Waals surface area contributed by atoms with Crippen molar-refractivity contribution in [2.75, 3.05) is 0 Å². The third-order valence-corrected chi connectivity index (χ3v) is 5.25. The Kier molecular flexibility index (Phi) is 6.61. The quantitative estimate of drug-likeness (QED) is 0.345. The highest BCUT2D eigenvalue weighted by Gasteiger charge is 2.17. The maximum absolute atomic E-state index is 13.9. The molecule has 0 N–H and O–H groups in total. The number of hydrogen-bond acceptors (Lipinski definition) is 7. The Morgan fingerprint density at radius 1 is 1.06 bits per heavy atom. The Bertz CT molecular complexity index is 1130. The Morgan fingerprint density at radius 2 is 1.84 bits per heavy atom. The summed E-state index contributed by atoms with van der Waals surface area (Å²) in [6.45, 7) is 4.29. The van der Waals surface area contributed by atoms with Gasteiger partial charge in [-0.25, -0.2) is 4.39 Å². The molecule has 0 aliphatic heterocycles. The van der Waals surface area contributed by atoms with Crippen molar-refractivity contribution in [3.63, 3.8) is 0 Å². The van der Waals surface area contributed by atoms with Gasteiger partial charge in [0.05, 0.1) is 5.75 Å². The molecule has 0 saturated heterocycles. The van der Waals surface area contributed by atoms with Gasteiger partial charge in [0.2, 0.25) is 5.89 Å². The summed E-state index contributed by atoms with van der Waals surface area (Å²) in [5, 5.41) is 13.3. The van der Waals surface area contributed by atoms with E-state index in [1.54, 1.807) is 18.2 Å². The van der Waals surface area contributed by atoms with Crippen molar-refractivity contribution < 1.29 is 13.7 Å². The van der Waals surface area contributed by atoms with E-state index in [0.29, 0.717) is 34.4 Å². The molecule has 0 spiro atoms. The monoisotopic (exact) mass is 439 g/mol. The lowest BCUT2D eigenvalue weighted by Gasteiger charge is -2.11. The molecule has 0 aliphatic rings. The van der Waals surface area contributed by atoms with Crippen molar-refractivity contribution in [1.29, 1.82) is 0 Å². The molecule has 0 bridgehead atoms.